The summed E-state index contributed by atoms with van der Waals surface area (Å²) in [6.07, 6.45) is 4.70. The summed E-state index contributed by atoms with van der Waals surface area (Å²) in [5.41, 5.74) is 5.39. The zero-order chi connectivity index (χ0) is 20.1. The molecular formula is C20H29N3O5. The van der Waals surface area contributed by atoms with Gasteiger partial charge in [0, 0.05) is 25.4 Å². The molecule has 0 bridgehead atoms. The number of likely N-dealkylation sites (tertiary alicyclic amines) is 2. The fourth-order valence-corrected chi connectivity index (χ4v) is 4.43. The van der Waals surface area contributed by atoms with Crippen LogP contribution in [0.15, 0.2) is 22.8 Å². The average molecular weight is 391 g/mol. The maximum absolute atomic E-state index is 12.6. The van der Waals surface area contributed by atoms with E-state index in [0.29, 0.717) is 25.3 Å². The van der Waals surface area contributed by atoms with Crippen LogP contribution in [0.25, 0.3) is 0 Å². The molecule has 3 N–H and O–H groups in total. The van der Waals surface area contributed by atoms with E-state index in [9.17, 15) is 19.5 Å². The predicted molar refractivity (Wildman–Crippen MR) is 101 cm³/mol. The Kier molecular flexibility index (Phi) is 6.72. The lowest BCUT2D eigenvalue weighted by atomic mass is 9.80. The molecule has 3 heterocycles. The van der Waals surface area contributed by atoms with Crippen LogP contribution in [0, 0.1) is 17.8 Å². The van der Waals surface area contributed by atoms with Crippen molar-refractivity contribution in [2.24, 2.45) is 23.5 Å². The second-order valence-electron chi connectivity index (χ2n) is 7.94. The van der Waals surface area contributed by atoms with Gasteiger partial charge in [0.15, 0.2) is 5.76 Å². The van der Waals surface area contributed by atoms with Gasteiger partial charge < -0.3 is 25.1 Å². The van der Waals surface area contributed by atoms with E-state index in [1.54, 1.807) is 17.0 Å². The number of carbonyl (C=O) groups is 3. The van der Waals surface area contributed by atoms with Crippen LogP contribution in [0.5, 0.6) is 0 Å². The molecule has 2 fully saturated rings. The molecule has 0 aliphatic carbocycles. The second-order valence-corrected chi connectivity index (χ2v) is 7.94. The standard InChI is InChI=1S/C20H29N3O5/c21-19(26)14-3-7-22(8-4-14)9-5-16-13-23(10-6-15(16)12-18(24)25)20(27)17-2-1-11-28-17/h1-2,11,14-16H,3-10,12-13H2,(H2,21,26)(H,24,25)/t15-,16-/m0/s1. The van der Waals surface area contributed by atoms with E-state index in [2.05, 4.69) is 4.90 Å². The molecule has 3 rings (SSSR count). The monoisotopic (exact) mass is 391 g/mol. The SMILES string of the molecule is NC(=O)C1CCN(CC[C@H]2CN(C(=O)c3ccco3)CC[C@H]2CC(=O)O)CC1. The number of rotatable bonds is 7. The van der Waals surface area contributed by atoms with Gasteiger partial charge in [0.05, 0.1) is 6.26 Å². The first-order chi connectivity index (χ1) is 13.4. The average Bonchev–Trinajstić information content (AvgIpc) is 3.21. The molecule has 2 amide bonds. The van der Waals surface area contributed by atoms with E-state index in [4.69, 9.17) is 10.2 Å². The van der Waals surface area contributed by atoms with Gasteiger partial charge in [-0.2, -0.15) is 0 Å². The lowest BCUT2D eigenvalue weighted by Crippen LogP contribution is -2.46. The first kappa shape index (κ1) is 20.4. The Balaban J connectivity index is 1.57. The largest absolute Gasteiger partial charge is 0.481 e. The van der Waals surface area contributed by atoms with E-state index in [1.165, 1.54) is 6.26 Å². The number of carbonyl (C=O) groups excluding carboxylic acids is 2. The molecule has 0 saturated carbocycles. The lowest BCUT2D eigenvalue weighted by Gasteiger charge is -2.39. The number of furan rings is 1. The van der Waals surface area contributed by atoms with Crippen LogP contribution in [-0.4, -0.2) is 65.4 Å². The molecule has 2 atom stereocenters. The van der Waals surface area contributed by atoms with E-state index < -0.39 is 5.97 Å². The number of carboxylic acid groups (broad SMARTS) is 1. The number of carboxylic acids is 1. The zero-order valence-corrected chi connectivity index (χ0v) is 16.1. The van der Waals surface area contributed by atoms with Gasteiger partial charge in [-0.1, -0.05) is 0 Å². The van der Waals surface area contributed by atoms with Crippen LogP contribution < -0.4 is 5.73 Å². The van der Waals surface area contributed by atoms with Gasteiger partial charge in [-0.05, 0) is 69.3 Å². The Bertz CT molecular complexity index is 682. The Morgan fingerprint density at radius 3 is 2.50 bits per heavy atom. The third-order valence-corrected chi connectivity index (χ3v) is 6.15. The van der Waals surface area contributed by atoms with Crippen molar-refractivity contribution in [2.45, 2.75) is 32.1 Å². The third-order valence-electron chi connectivity index (χ3n) is 6.15. The third kappa shape index (κ3) is 5.13. The summed E-state index contributed by atoms with van der Waals surface area (Å²) in [4.78, 5) is 39.3. The van der Waals surface area contributed by atoms with E-state index in [-0.39, 0.29) is 36.0 Å². The van der Waals surface area contributed by atoms with Crippen LogP contribution >= 0.6 is 0 Å². The molecule has 2 saturated heterocycles. The molecule has 154 valence electrons. The Labute approximate surface area is 164 Å². The van der Waals surface area contributed by atoms with Crippen molar-refractivity contribution in [2.75, 3.05) is 32.7 Å². The zero-order valence-electron chi connectivity index (χ0n) is 16.1. The van der Waals surface area contributed by atoms with E-state index in [1.807, 2.05) is 0 Å². The number of nitrogens with two attached hydrogens (primary N) is 1. The molecule has 0 spiro atoms. The molecule has 1 aromatic rings. The van der Waals surface area contributed by atoms with Crippen molar-refractivity contribution in [1.29, 1.82) is 0 Å². The normalized spacial score (nSPS) is 24.2. The molecule has 0 radical (unpaired) electrons. The number of piperidine rings is 2. The molecule has 1 aromatic heterocycles. The topological polar surface area (TPSA) is 117 Å². The van der Waals surface area contributed by atoms with Gasteiger partial charge in [-0.25, -0.2) is 0 Å². The molecule has 2 aliphatic heterocycles. The number of primary amides is 1. The number of hydrogen-bond donors (Lipinski definition) is 2. The fourth-order valence-electron chi connectivity index (χ4n) is 4.43. The highest BCUT2D eigenvalue weighted by atomic mass is 16.4. The number of hydrogen-bond acceptors (Lipinski definition) is 5. The Morgan fingerprint density at radius 1 is 1.14 bits per heavy atom. The smallest absolute Gasteiger partial charge is 0.303 e. The summed E-state index contributed by atoms with van der Waals surface area (Å²) < 4.78 is 5.23. The van der Waals surface area contributed by atoms with Gasteiger partial charge in [0.25, 0.3) is 5.91 Å². The van der Waals surface area contributed by atoms with Crippen molar-refractivity contribution in [3.8, 4) is 0 Å². The van der Waals surface area contributed by atoms with Gasteiger partial charge in [-0.3, -0.25) is 14.4 Å². The van der Waals surface area contributed by atoms with E-state index in [0.717, 1.165) is 38.9 Å². The predicted octanol–water partition coefficient (Wildman–Crippen LogP) is 1.42. The van der Waals surface area contributed by atoms with Gasteiger partial charge >= 0.3 is 5.97 Å². The van der Waals surface area contributed by atoms with Crippen molar-refractivity contribution in [3.05, 3.63) is 24.2 Å². The molecule has 0 unspecified atom stereocenters. The number of nitrogens with zero attached hydrogens (tertiary/aromatic N) is 2. The minimum absolute atomic E-state index is 0.0351. The Morgan fingerprint density at radius 2 is 1.89 bits per heavy atom. The van der Waals surface area contributed by atoms with Gasteiger partial charge in [0.1, 0.15) is 0 Å². The quantitative estimate of drug-likeness (QED) is 0.726. The summed E-state index contributed by atoms with van der Waals surface area (Å²) in [5, 5.41) is 9.26. The molecular weight excluding hydrogens is 362 g/mol. The van der Waals surface area contributed by atoms with Crippen LogP contribution in [0.4, 0.5) is 0 Å². The van der Waals surface area contributed by atoms with Crippen LogP contribution in [0.1, 0.15) is 42.7 Å². The summed E-state index contributed by atoms with van der Waals surface area (Å²) in [5.74, 6) is -0.648. The number of amides is 2. The second kappa shape index (κ2) is 9.23. The summed E-state index contributed by atoms with van der Waals surface area (Å²) >= 11 is 0. The molecule has 8 nitrogen and oxygen atoms in total. The minimum Gasteiger partial charge on any atom is -0.481 e. The van der Waals surface area contributed by atoms with Gasteiger partial charge in [-0.15, -0.1) is 0 Å². The first-order valence-electron chi connectivity index (χ1n) is 10.00. The van der Waals surface area contributed by atoms with Crippen molar-refractivity contribution >= 4 is 17.8 Å². The molecule has 28 heavy (non-hydrogen) atoms. The van der Waals surface area contributed by atoms with Crippen LogP contribution in [-0.2, 0) is 9.59 Å². The molecule has 2 aliphatic rings. The summed E-state index contributed by atoms with van der Waals surface area (Å²) in [6.45, 7) is 3.61. The fraction of sp³-hybridized carbons (Fsp3) is 0.650. The molecule has 0 aromatic carbocycles. The van der Waals surface area contributed by atoms with Crippen molar-refractivity contribution in [3.63, 3.8) is 0 Å². The highest BCUT2D eigenvalue weighted by Crippen LogP contribution is 2.31. The Hall–Kier alpha value is -2.35. The highest BCUT2D eigenvalue weighted by molar-refractivity contribution is 5.91. The molecule has 8 heteroatoms. The van der Waals surface area contributed by atoms with E-state index >= 15 is 0 Å². The van der Waals surface area contributed by atoms with Crippen molar-refractivity contribution < 1.29 is 23.9 Å². The minimum atomic E-state index is -0.789. The lowest BCUT2D eigenvalue weighted by molar-refractivity contribution is -0.139. The maximum Gasteiger partial charge on any atom is 0.303 e. The number of aliphatic carboxylic acids is 1. The van der Waals surface area contributed by atoms with Crippen LogP contribution in [0.2, 0.25) is 0 Å². The van der Waals surface area contributed by atoms with Crippen molar-refractivity contribution in [1.82, 2.24) is 9.80 Å². The highest BCUT2D eigenvalue weighted by Gasteiger charge is 2.34. The van der Waals surface area contributed by atoms with Gasteiger partial charge in [0.2, 0.25) is 5.91 Å². The summed E-state index contributed by atoms with van der Waals surface area (Å²) in [6, 6.07) is 3.35. The summed E-state index contributed by atoms with van der Waals surface area (Å²) in [7, 11) is 0. The first-order valence-corrected chi connectivity index (χ1v) is 10.00. The van der Waals surface area contributed by atoms with Crippen LogP contribution in [0.3, 0.4) is 0 Å². The maximum atomic E-state index is 12.6.